The molecule has 4 atom stereocenters. The fourth-order valence-electron chi connectivity index (χ4n) is 4.18. The maximum absolute atomic E-state index is 12.4. The van der Waals surface area contributed by atoms with Crippen molar-refractivity contribution in [2.24, 2.45) is 5.92 Å². The number of esters is 1. The van der Waals surface area contributed by atoms with Gasteiger partial charge in [-0.25, -0.2) is 21.7 Å². The van der Waals surface area contributed by atoms with E-state index in [1.54, 1.807) is 0 Å². The summed E-state index contributed by atoms with van der Waals surface area (Å²) in [6, 6.07) is 0. The van der Waals surface area contributed by atoms with Gasteiger partial charge in [0.05, 0.1) is 11.5 Å². The molecule has 8 heteroatoms. The molecule has 2 aliphatic carbocycles. The van der Waals surface area contributed by atoms with Crippen LogP contribution in [0.2, 0.25) is 0 Å². The standard InChI is InChI=1S/C13H24N6O2/c20-11(9-1-3-12(5-9)7-14-18-16-12)21-10-2-4-13(6-10)8-15-19-17-13/h9-10,14-19H,1-8H2. The van der Waals surface area contributed by atoms with Crippen LogP contribution >= 0.6 is 0 Å². The Labute approximate surface area is 124 Å². The van der Waals surface area contributed by atoms with Gasteiger partial charge in [0.25, 0.3) is 0 Å². The summed E-state index contributed by atoms with van der Waals surface area (Å²) in [7, 11) is 0. The highest BCUT2D eigenvalue weighted by Gasteiger charge is 2.47. The first-order chi connectivity index (χ1) is 10.2. The van der Waals surface area contributed by atoms with E-state index in [-0.39, 0.29) is 29.1 Å². The van der Waals surface area contributed by atoms with Crippen LogP contribution in [0.1, 0.15) is 38.5 Å². The number of rotatable bonds is 2. The Balaban J connectivity index is 1.30. The molecule has 2 aliphatic heterocycles. The molecule has 8 nitrogen and oxygen atoms in total. The first-order valence-electron chi connectivity index (χ1n) is 7.89. The lowest BCUT2D eigenvalue weighted by Crippen LogP contribution is -2.44. The lowest BCUT2D eigenvalue weighted by Gasteiger charge is -2.23. The molecule has 4 rings (SSSR count). The minimum absolute atomic E-state index is 0.0125. The third-order valence-electron chi connectivity index (χ3n) is 5.47. The zero-order chi connectivity index (χ0) is 14.3. The lowest BCUT2D eigenvalue weighted by atomic mass is 9.97. The molecule has 0 aromatic rings. The van der Waals surface area contributed by atoms with Crippen molar-refractivity contribution in [1.82, 2.24) is 32.8 Å². The van der Waals surface area contributed by atoms with Crippen LogP contribution in [0.3, 0.4) is 0 Å². The Morgan fingerprint density at radius 1 is 0.952 bits per heavy atom. The van der Waals surface area contributed by atoms with Crippen LogP contribution in [0.25, 0.3) is 0 Å². The fourth-order valence-corrected chi connectivity index (χ4v) is 4.18. The Hall–Kier alpha value is -0.770. The van der Waals surface area contributed by atoms with Crippen LogP contribution in [-0.2, 0) is 9.53 Å². The summed E-state index contributed by atoms with van der Waals surface area (Å²) in [6.07, 6.45) is 5.70. The van der Waals surface area contributed by atoms with E-state index in [0.717, 1.165) is 51.6 Å². The number of hydrazine groups is 4. The Morgan fingerprint density at radius 3 is 2.29 bits per heavy atom. The molecule has 118 valence electrons. The van der Waals surface area contributed by atoms with Gasteiger partial charge in [0.15, 0.2) is 0 Å². The molecule has 0 aromatic heterocycles. The molecule has 2 heterocycles. The van der Waals surface area contributed by atoms with Crippen molar-refractivity contribution in [2.75, 3.05) is 13.1 Å². The average Bonchev–Trinajstić information content (AvgIpc) is 3.24. The lowest BCUT2D eigenvalue weighted by molar-refractivity contribution is -0.153. The highest BCUT2D eigenvalue weighted by Crippen LogP contribution is 2.38. The van der Waals surface area contributed by atoms with Crippen LogP contribution < -0.4 is 32.8 Å². The van der Waals surface area contributed by atoms with Crippen molar-refractivity contribution in [3.8, 4) is 0 Å². The third kappa shape index (κ3) is 2.56. The number of hydrogen-bond donors (Lipinski definition) is 6. The van der Waals surface area contributed by atoms with Crippen LogP contribution in [0.5, 0.6) is 0 Å². The summed E-state index contributed by atoms with van der Waals surface area (Å²) in [5.41, 5.74) is 18.7. The molecule has 0 amide bonds. The maximum Gasteiger partial charge on any atom is 0.309 e. The number of ether oxygens (including phenoxy) is 1. The van der Waals surface area contributed by atoms with Gasteiger partial charge < -0.3 is 4.74 Å². The number of hydrogen-bond acceptors (Lipinski definition) is 8. The summed E-state index contributed by atoms with van der Waals surface area (Å²) in [5, 5.41) is 0. The summed E-state index contributed by atoms with van der Waals surface area (Å²) in [4.78, 5) is 12.4. The molecule has 21 heavy (non-hydrogen) atoms. The normalized spacial score (nSPS) is 45.9. The van der Waals surface area contributed by atoms with E-state index in [4.69, 9.17) is 4.74 Å². The Bertz CT molecular complexity index is 419. The molecular weight excluding hydrogens is 272 g/mol. The molecule has 0 bridgehead atoms. The van der Waals surface area contributed by atoms with Crippen molar-refractivity contribution in [2.45, 2.75) is 55.7 Å². The van der Waals surface area contributed by atoms with Crippen molar-refractivity contribution in [3.63, 3.8) is 0 Å². The van der Waals surface area contributed by atoms with Gasteiger partial charge in [-0.05, 0) is 32.1 Å². The van der Waals surface area contributed by atoms with Crippen molar-refractivity contribution in [1.29, 1.82) is 0 Å². The summed E-state index contributed by atoms with van der Waals surface area (Å²) in [6.45, 7) is 1.75. The first kappa shape index (κ1) is 13.9. The fraction of sp³-hybridized carbons (Fsp3) is 0.923. The minimum atomic E-state index is -0.0125. The molecule has 0 radical (unpaired) electrons. The van der Waals surface area contributed by atoms with Gasteiger partial charge in [-0.3, -0.25) is 4.79 Å². The van der Waals surface area contributed by atoms with E-state index in [9.17, 15) is 4.79 Å². The SMILES string of the molecule is O=C(OC1CCC2(CNNN2)C1)C1CCC2(CNNN2)C1. The zero-order valence-electron chi connectivity index (χ0n) is 12.1. The van der Waals surface area contributed by atoms with Gasteiger partial charge in [-0.15, -0.1) is 0 Å². The van der Waals surface area contributed by atoms with Gasteiger partial charge in [0.2, 0.25) is 0 Å². The summed E-state index contributed by atoms with van der Waals surface area (Å²) >= 11 is 0. The highest BCUT2D eigenvalue weighted by atomic mass is 16.5. The summed E-state index contributed by atoms with van der Waals surface area (Å²) in [5.74, 6) is 0.0186. The van der Waals surface area contributed by atoms with E-state index >= 15 is 0 Å². The Kier molecular flexibility index (Phi) is 3.40. The first-order valence-corrected chi connectivity index (χ1v) is 7.89. The molecule has 4 unspecified atom stereocenters. The van der Waals surface area contributed by atoms with Gasteiger partial charge in [-0.1, -0.05) is 0 Å². The van der Waals surface area contributed by atoms with Crippen LogP contribution in [-0.4, -0.2) is 36.2 Å². The van der Waals surface area contributed by atoms with Gasteiger partial charge in [-0.2, -0.15) is 11.1 Å². The highest BCUT2D eigenvalue weighted by molar-refractivity contribution is 5.73. The molecule has 4 aliphatic rings. The third-order valence-corrected chi connectivity index (χ3v) is 5.47. The minimum Gasteiger partial charge on any atom is -0.462 e. The number of carbonyl (C=O) groups excluding carboxylic acids is 1. The van der Waals surface area contributed by atoms with Crippen LogP contribution in [0.15, 0.2) is 0 Å². The zero-order valence-corrected chi connectivity index (χ0v) is 12.1. The Morgan fingerprint density at radius 2 is 1.62 bits per heavy atom. The van der Waals surface area contributed by atoms with Gasteiger partial charge in [0, 0.05) is 25.0 Å². The molecule has 2 saturated carbocycles. The average molecular weight is 296 g/mol. The molecule has 4 fully saturated rings. The molecule has 2 spiro atoms. The van der Waals surface area contributed by atoms with Crippen molar-refractivity contribution < 1.29 is 9.53 Å². The molecule has 6 N–H and O–H groups in total. The monoisotopic (exact) mass is 296 g/mol. The van der Waals surface area contributed by atoms with E-state index in [1.165, 1.54) is 0 Å². The van der Waals surface area contributed by atoms with Crippen LogP contribution in [0.4, 0.5) is 0 Å². The quantitative estimate of drug-likeness (QED) is 0.346. The van der Waals surface area contributed by atoms with E-state index in [2.05, 4.69) is 32.8 Å². The molecule has 0 aromatic carbocycles. The topological polar surface area (TPSA) is 98.5 Å². The second-order valence-electron chi connectivity index (χ2n) is 7.01. The largest absolute Gasteiger partial charge is 0.462 e. The van der Waals surface area contributed by atoms with Crippen molar-refractivity contribution >= 4 is 5.97 Å². The van der Waals surface area contributed by atoms with E-state index in [1.807, 2.05) is 0 Å². The van der Waals surface area contributed by atoms with Crippen LogP contribution in [0, 0.1) is 5.92 Å². The molecular formula is C13H24N6O2. The van der Waals surface area contributed by atoms with E-state index < -0.39 is 0 Å². The predicted molar refractivity (Wildman–Crippen MR) is 75.1 cm³/mol. The van der Waals surface area contributed by atoms with Gasteiger partial charge >= 0.3 is 5.97 Å². The summed E-state index contributed by atoms with van der Waals surface area (Å²) < 4.78 is 5.78. The van der Waals surface area contributed by atoms with Gasteiger partial charge in [0.1, 0.15) is 6.10 Å². The van der Waals surface area contributed by atoms with E-state index in [0.29, 0.717) is 0 Å². The predicted octanol–water partition coefficient (Wildman–Crippen LogP) is -1.42. The second-order valence-corrected chi connectivity index (χ2v) is 7.01. The smallest absolute Gasteiger partial charge is 0.309 e. The maximum atomic E-state index is 12.4. The second kappa shape index (κ2) is 5.15. The number of carbonyl (C=O) groups is 1. The van der Waals surface area contributed by atoms with Crippen molar-refractivity contribution in [3.05, 3.63) is 0 Å². The molecule has 2 saturated heterocycles. The number of nitrogens with one attached hydrogen (secondary N) is 6.